The lowest BCUT2D eigenvalue weighted by Gasteiger charge is -2.50. The lowest BCUT2D eigenvalue weighted by molar-refractivity contribution is -0.388. The molecule has 0 aliphatic carbocycles. The highest BCUT2D eigenvalue weighted by Gasteiger charge is 2.57. The number of carbonyl (C=O) groups excluding carboxylic acids is 1. The van der Waals surface area contributed by atoms with Crippen LogP contribution in [0.4, 0.5) is 0 Å². The van der Waals surface area contributed by atoms with Crippen LogP contribution in [0.1, 0.15) is 26.2 Å². The van der Waals surface area contributed by atoms with Crippen molar-refractivity contribution in [2.75, 3.05) is 46.2 Å². The summed E-state index contributed by atoms with van der Waals surface area (Å²) in [5.41, 5.74) is 5.57. The molecule has 71 heavy (non-hydrogen) atoms. The van der Waals surface area contributed by atoms with Gasteiger partial charge in [0, 0.05) is 13.5 Å². The van der Waals surface area contributed by atoms with Gasteiger partial charge in [-0.1, -0.05) is 18.2 Å². The van der Waals surface area contributed by atoms with Gasteiger partial charge in [0.25, 0.3) is 0 Å². The molecule has 0 saturated carbocycles. The third kappa shape index (κ3) is 13.7. The van der Waals surface area contributed by atoms with Crippen molar-refractivity contribution in [3.05, 3.63) is 30.3 Å². The number of ether oxygens (including phenoxy) is 11. The van der Waals surface area contributed by atoms with Gasteiger partial charge in [-0.3, -0.25) is 4.79 Å². The standard InChI is InChI=1S/C43H70N2O26/c1-17(50)45-24-37(70-41-31(57)28(54)25(51)19(12-46)64-41)26(52)20(13-47)63-39(24)71-38-27(53)21(14-48)65-43(34(38)60)68-35-22(15-49)66-42(33(59)30(35)56)69-36-23(16-62-18-8-4-2-5-9-18)67-40(32(58)29(36)55)61-11-7-3-6-10-44/h2,4-5,8-9,19-43,46-49,51-60H,3,6-7,10-16,44H2,1H3,(H,45,50)/t19?,20?,21?,22?,23?,24?,25-,26-,27-,28?,29?,30?,31?,32?,33?,34?,35-,36+,37?,38?,39-,40+,41-,42-,43+/m0/s1. The van der Waals surface area contributed by atoms with Crippen LogP contribution in [-0.4, -0.2) is 277 Å². The molecule has 0 spiro atoms. The molecule has 28 nitrogen and oxygen atoms in total. The Hall–Kier alpha value is -2.51. The molecular weight excluding hydrogens is 960 g/mol. The van der Waals surface area contributed by atoms with Gasteiger partial charge in [0.1, 0.15) is 134 Å². The number of para-hydroxylation sites is 1. The second-order valence-corrected chi connectivity index (χ2v) is 17.8. The molecule has 5 fully saturated rings. The van der Waals surface area contributed by atoms with Crippen molar-refractivity contribution < 1.29 is 128 Å². The third-order valence-corrected chi connectivity index (χ3v) is 12.8. The first kappa shape index (κ1) is 57.8. The molecule has 28 heteroatoms. The molecule has 0 aromatic heterocycles. The number of hydrogen-bond donors (Lipinski definition) is 16. The summed E-state index contributed by atoms with van der Waals surface area (Å²) in [6.07, 6.45) is -40.9. The molecule has 15 unspecified atom stereocenters. The molecule has 17 N–H and O–H groups in total. The summed E-state index contributed by atoms with van der Waals surface area (Å²) in [6, 6.07) is 6.83. The SMILES string of the molecule is CC(=O)NC1C(O[C@@H]2OC(CO)[C@H](O)C(O)C2O)[C@@H](O)C(CO)O[C@H]1OC1C(O)[C@@H](O[C@H]2C(CO)O[C@@H](O[C@@H]3C(COc4ccccc4)O[C@@H](OCCCCCN)C(O)C3O)C(O)C2O)OC(CO)[C@@H]1O. The van der Waals surface area contributed by atoms with Gasteiger partial charge in [-0.05, 0) is 37.9 Å². The second-order valence-electron chi connectivity index (χ2n) is 17.8. The topological polar surface area (TPSA) is 440 Å². The monoisotopic (exact) mass is 1030 g/mol. The number of aliphatic hydroxyl groups is 14. The number of hydrogen-bond acceptors (Lipinski definition) is 27. The van der Waals surface area contributed by atoms with E-state index >= 15 is 0 Å². The summed E-state index contributed by atoms with van der Waals surface area (Å²) >= 11 is 0. The number of nitrogens with two attached hydrogens (primary N) is 1. The van der Waals surface area contributed by atoms with Crippen LogP contribution in [0.15, 0.2) is 30.3 Å². The van der Waals surface area contributed by atoms with E-state index in [1.165, 1.54) is 0 Å². The Morgan fingerprint density at radius 3 is 1.55 bits per heavy atom. The van der Waals surface area contributed by atoms with Gasteiger partial charge >= 0.3 is 0 Å². The van der Waals surface area contributed by atoms with E-state index < -0.39 is 186 Å². The molecule has 408 valence electrons. The molecule has 5 heterocycles. The molecule has 0 radical (unpaired) electrons. The van der Waals surface area contributed by atoms with E-state index in [0.717, 1.165) is 19.8 Å². The number of benzene rings is 1. The predicted octanol–water partition coefficient (Wildman–Crippen LogP) is -8.54. The summed E-state index contributed by atoms with van der Waals surface area (Å²) in [4.78, 5) is 12.6. The van der Waals surface area contributed by atoms with Crippen LogP contribution < -0.4 is 15.8 Å². The summed E-state index contributed by atoms with van der Waals surface area (Å²) < 4.78 is 64.1. The van der Waals surface area contributed by atoms with E-state index in [-0.39, 0.29) is 13.2 Å². The normalized spacial score (nSPS) is 44.3. The maximum atomic E-state index is 12.6. The fraction of sp³-hybridized carbons (Fsp3) is 0.837. The van der Waals surface area contributed by atoms with Crippen molar-refractivity contribution in [1.82, 2.24) is 5.32 Å². The zero-order valence-electron chi connectivity index (χ0n) is 38.6. The van der Waals surface area contributed by atoms with E-state index in [1.807, 2.05) is 0 Å². The average molecular weight is 1030 g/mol. The van der Waals surface area contributed by atoms with Crippen molar-refractivity contribution in [2.45, 2.75) is 180 Å². The fourth-order valence-electron chi connectivity index (χ4n) is 8.86. The van der Waals surface area contributed by atoms with Gasteiger partial charge in [0.05, 0.1) is 26.4 Å². The molecule has 1 amide bonds. The number of aliphatic hydroxyl groups excluding tert-OH is 14. The van der Waals surface area contributed by atoms with Gasteiger partial charge < -0.3 is 135 Å². The fourth-order valence-corrected chi connectivity index (χ4v) is 8.86. The maximum Gasteiger partial charge on any atom is 0.217 e. The lowest BCUT2D eigenvalue weighted by Crippen LogP contribution is -2.70. The minimum Gasteiger partial charge on any atom is -0.491 e. The first-order valence-electron chi connectivity index (χ1n) is 23.4. The van der Waals surface area contributed by atoms with Crippen LogP contribution >= 0.6 is 0 Å². The van der Waals surface area contributed by atoms with Crippen molar-refractivity contribution in [3.8, 4) is 5.75 Å². The highest BCUT2D eigenvalue weighted by molar-refractivity contribution is 5.73. The summed E-state index contributed by atoms with van der Waals surface area (Å²) in [7, 11) is 0. The highest BCUT2D eigenvalue weighted by Crippen LogP contribution is 2.36. The van der Waals surface area contributed by atoms with Crippen molar-refractivity contribution in [1.29, 1.82) is 0 Å². The first-order chi connectivity index (χ1) is 34.0. The van der Waals surface area contributed by atoms with Gasteiger partial charge in [-0.15, -0.1) is 0 Å². The minimum absolute atomic E-state index is 0.150. The molecule has 5 aliphatic heterocycles. The largest absolute Gasteiger partial charge is 0.491 e. The number of carbonyl (C=O) groups is 1. The number of rotatable bonds is 22. The molecular formula is C43H70N2O26. The van der Waals surface area contributed by atoms with E-state index in [4.69, 9.17) is 57.8 Å². The van der Waals surface area contributed by atoms with Gasteiger partial charge in [-0.25, -0.2) is 0 Å². The maximum absolute atomic E-state index is 12.6. The summed E-state index contributed by atoms with van der Waals surface area (Å²) in [5, 5.41) is 154. The minimum atomic E-state index is -2.14. The molecule has 1 aromatic carbocycles. The molecule has 5 saturated heterocycles. The third-order valence-electron chi connectivity index (χ3n) is 12.8. The number of unbranched alkanes of at least 4 members (excludes halogenated alkanes) is 2. The molecule has 0 bridgehead atoms. The Morgan fingerprint density at radius 2 is 0.972 bits per heavy atom. The number of amides is 1. The van der Waals surface area contributed by atoms with Crippen LogP contribution in [0, 0.1) is 0 Å². The Balaban J connectivity index is 1.18. The summed E-state index contributed by atoms with van der Waals surface area (Å²) in [5.74, 6) is -0.387. The van der Waals surface area contributed by atoms with Crippen molar-refractivity contribution >= 4 is 5.91 Å². The van der Waals surface area contributed by atoms with Gasteiger partial charge in [-0.2, -0.15) is 0 Å². The Morgan fingerprint density at radius 1 is 0.507 bits per heavy atom. The van der Waals surface area contributed by atoms with Crippen molar-refractivity contribution in [3.63, 3.8) is 0 Å². The summed E-state index contributed by atoms with van der Waals surface area (Å²) in [6.45, 7) is -2.32. The Bertz CT molecular complexity index is 1730. The Kier molecular flexibility index (Phi) is 21.8. The predicted molar refractivity (Wildman–Crippen MR) is 230 cm³/mol. The van der Waals surface area contributed by atoms with Gasteiger partial charge in [0.15, 0.2) is 31.5 Å². The zero-order valence-corrected chi connectivity index (χ0v) is 38.6. The van der Waals surface area contributed by atoms with E-state index in [9.17, 15) is 76.3 Å². The molecule has 5 aliphatic rings. The zero-order chi connectivity index (χ0) is 51.7. The van der Waals surface area contributed by atoms with E-state index in [1.54, 1.807) is 30.3 Å². The highest BCUT2D eigenvalue weighted by atomic mass is 16.8. The molecule has 1 aromatic rings. The van der Waals surface area contributed by atoms with Crippen molar-refractivity contribution in [2.24, 2.45) is 5.73 Å². The Labute approximate surface area is 406 Å². The van der Waals surface area contributed by atoms with E-state index in [2.05, 4.69) is 5.32 Å². The quantitative estimate of drug-likeness (QED) is 0.0480. The van der Waals surface area contributed by atoms with Crippen LogP contribution in [0.5, 0.6) is 5.75 Å². The van der Waals surface area contributed by atoms with Crippen LogP contribution in [0.2, 0.25) is 0 Å². The first-order valence-corrected chi connectivity index (χ1v) is 23.4. The van der Waals surface area contributed by atoms with Gasteiger partial charge in [0.2, 0.25) is 5.91 Å². The lowest BCUT2D eigenvalue weighted by atomic mass is 9.94. The average Bonchev–Trinajstić information content (AvgIpc) is 3.36. The molecule has 25 atom stereocenters. The van der Waals surface area contributed by atoms with Crippen LogP contribution in [0.25, 0.3) is 0 Å². The smallest absolute Gasteiger partial charge is 0.217 e. The second kappa shape index (κ2) is 26.8. The van der Waals surface area contributed by atoms with E-state index in [0.29, 0.717) is 18.7 Å². The van der Waals surface area contributed by atoms with Crippen LogP contribution in [0.3, 0.4) is 0 Å². The van der Waals surface area contributed by atoms with Crippen LogP contribution in [-0.2, 0) is 52.2 Å². The molecule has 6 rings (SSSR count). The number of nitrogens with one attached hydrogen (secondary N) is 1.